The van der Waals surface area contributed by atoms with Crippen molar-refractivity contribution in [2.24, 2.45) is 11.8 Å². The van der Waals surface area contributed by atoms with E-state index >= 15 is 0 Å². The minimum atomic E-state index is 0.989. The lowest BCUT2D eigenvalue weighted by Gasteiger charge is -2.29. The van der Waals surface area contributed by atoms with E-state index in [1.54, 1.807) is 3.58 Å². The second-order valence-electron chi connectivity index (χ2n) is 4.23. The summed E-state index contributed by atoms with van der Waals surface area (Å²) in [7, 11) is 0. The Bertz CT molecular complexity index is 227. The molecule has 2 atom stereocenters. The fraction of sp³-hybridized carbons (Fsp3) is 0.667. The van der Waals surface area contributed by atoms with Crippen LogP contribution in [0.3, 0.4) is 0 Å². The minimum absolute atomic E-state index is 0.989. The number of hydrogen-bond acceptors (Lipinski definition) is 0. The van der Waals surface area contributed by atoms with Gasteiger partial charge in [-0.2, -0.15) is 0 Å². The lowest BCUT2D eigenvalue weighted by Crippen LogP contribution is -2.17. The van der Waals surface area contributed by atoms with Gasteiger partial charge in [0.1, 0.15) is 0 Å². The Kier molecular flexibility index (Phi) is 3.47. The Balaban J connectivity index is 1.91. The summed E-state index contributed by atoms with van der Waals surface area (Å²) in [5.74, 6) is 1.98. The summed E-state index contributed by atoms with van der Waals surface area (Å²) < 4.78 is 1.58. The maximum absolute atomic E-state index is 2.48. The van der Waals surface area contributed by atoms with Crippen molar-refractivity contribution < 1.29 is 0 Å². The predicted octanol–water partition coefficient (Wildman–Crippen LogP) is 4.46. The molecule has 0 aromatic carbocycles. The summed E-state index contributed by atoms with van der Waals surface area (Å²) in [6.07, 6.45) is 15.4. The van der Waals surface area contributed by atoms with Crippen LogP contribution in [0.4, 0.5) is 0 Å². The maximum Gasteiger partial charge on any atom is -0.0134 e. The van der Waals surface area contributed by atoms with Crippen LogP contribution in [0.5, 0.6) is 0 Å². The van der Waals surface area contributed by atoms with Crippen molar-refractivity contribution in [3.05, 3.63) is 21.8 Å². The molecule has 0 spiro atoms. The summed E-state index contributed by atoms with van der Waals surface area (Å²) in [6.45, 7) is 0. The van der Waals surface area contributed by atoms with E-state index in [9.17, 15) is 0 Å². The first-order valence-corrected chi connectivity index (χ1v) is 6.43. The standard InChI is InChI=1S/C12H17I/c13-12-8-6-11(7-9-12)10-4-2-1-3-5-10/h1-2,8,10-11H,3-7,9H2. The molecular formula is C12H17I. The molecule has 0 heterocycles. The van der Waals surface area contributed by atoms with E-state index in [-0.39, 0.29) is 0 Å². The highest BCUT2D eigenvalue weighted by atomic mass is 127. The smallest absolute Gasteiger partial charge is 0.0134 e. The second-order valence-corrected chi connectivity index (χ2v) is 5.62. The zero-order chi connectivity index (χ0) is 9.10. The molecule has 2 unspecified atom stereocenters. The summed E-state index contributed by atoms with van der Waals surface area (Å²) >= 11 is 2.48. The third-order valence-corrected chi connectivity index (χ3v) is 4.35. The largest absolute Gasteiger partial charge is 0.0885 e. The molecule has 2 aliphatic carbocycles. The van der Waals surface area contributed by atoms with Gasteiger partial charge in [0.2, 0.25) is 0 Å². The lowest BCUT2D eigenvalue weighted by molar-refractivity contribution is 0.287. The average molecular weight is 288 g/mol. The van der Waals surface area contributed by atoms with Crippen molar-refractivity contribution in [2.75, 3.05) is 0 Å². The molecule has 0 aliphatic heterocycles. The van der Waals surface area contributed by atoms with E-state index in [0.29, 0.717) is 0 Å². The van der Waals surface area contributed by atoms with Gasteiger partial charge in [-0.3, -0.25) is 0 Å². The fourth-order valence-corrected chi connectivity index (χ4v) is 3.06. The van der Waals surface area contributed by atoms with Crippen LogP contribution < -0.4 is 0 Å². The van der Waals surface area contributed by atoms with Gasteiger partial charge in [0, 0.05) is 0 Å². The van der Waals surface area contributed by atoms with Crippen molar-refractivity contribution in [3.63, 3.8) is 0 Å². The monoisotopic (exact) mass is 288 g/mol. The van der Waals surface area contributed by atoms with E-state index in [1.165, 1.54) is 38.5 Å². The molecule has 0 N–H and O–H groups in total. The van der Waals surface area contributed by atoms with Gasteiger partial charge in [-0.25, -0.2) is 0 Å². The second kappa shape index (κ2) is 4.63. The third kappa shape index (κ3) is 2.58. The molecule has 0 fully saturated rings. The average Bonchev–Trinajstić information content (AvgIpc) is 2.20. The number of hydrogen-bond donors (Lipinski definition) is 0. The Hall–Kier alpha value is 0.210. The molecular weight excluding hydrogens is 271 g/mol. The van der Waals surface area contributed by atoms with Crippen LogP contribution in [0.1, 0.15) is 38.5 Å². The van der Waals surface area contributed by atoms with Gasteiger partial charge in [0.15, 0.2) is 0 Å². The summed E-state index contributed by atoms with van der Waals surface area (Å²) in [4.78, 5) is 0. The lowest BCUT2D eigenvalue weighted by atomic mass is 9.77. The highest BCUT2D eigenvalue weighted by Gasteiger charge is 2.22. The number of halogens is 1. The van der Waals surface area contributed by atoms with Crippen molar-refractivity contribution >= 4 is 22.6 Å². The molecule has 1 heteroatoms. The first kappa shape index (κ1) is 9.75. The van der Waals surface area contributed by atoms with Crippen LogP contribution in [0.2, 0.25) is 0 Å². The molecule has 72 valence electrons. The van der Waals surface area contributed by atoms with Crippen LogP contribution in [0.25, 0.3) is 0 Å². The van der Waals surface area contributed by atoms with Crippen LogP contribution in [0, 0.1) is 11.8 Å². The Morgan fingerprint density at radius 3 is 2.54 bits per heavy atom. The van der Waals surface area contributed by atoms with Crippen molar-refractivity contribution in [3.8, 4) is 0 Å². The summed E-state index contributed by atoms with van der Waals surface area (Å²) in [5.41, 5.74) is 0. The van der Waals surface area contributed by atoms with E-state index in [4.69, 9.17) is 0 Å². The molecule has 2 rings (SSSR count). The molecule has 0 aromatic heterocycles. The highest BCUT2D eigenvalue weighted by Crippen LogP contribution is 2.36. The van der Waals surface area contributed by atoms with Gasteiger partial charge < -0.3 is 0 Å². The molecule has 0 saturated heterocycles. The SMILES string of the molecule is IC1=CCC(C2CC=CCC2)CC1. The number of allylic oxidation sites excluding steroid dienone is 4. The van der Waals surface area contributed by atoms with Gasteiger partial charge >= 0.3 is 0 Å². The van der Waals surface area contributed by atoms with Crippen molar-refractivity contribution in [2.45, 2.75) is 38.5 Å². The van der Waals surface area contributed by atoms with Gasteiger partial charge in [-0.15, -0.1) is 0 Å². The van der Waals surface area contributed by atoms with Crippen molar-refractivity contribution in [1.29, 1.82) is 0 Å². The quantitative estimate of drug-likeness (QED) is 0.493. The molecule has 2 aliphatic rings. The van der Waals surface area contributed by atoms with E-state index in [1.807, 2.05) is 0 Å². The van der Waals surface area contributed by atoms with Gasteiger partial charge in [-0.1, -0.05) is 18.2 Å². The molecule has 0 nitrogen and oxygen atoms in total. The zero-order valence-electron chi connectivity index (χ0n) is 8.01. The van der Waals surface area contributed by atoms with Crippen LogP contribution in [-0.2, 0) is 0 Å². The summed E-state index contributed by atoms with van der Waals surface area (Å²) in [5, 5.41) is 0. The molecule has 13 heavy (non-hydrogen) atoms. The van der Waals surface area contributed by atoms with Crippen molar-refractivity contribution in [1.82, 2.24) is 0 Å². The molecule has 0 radical (unpaired) electrons. The Morgan fingerprint density at radius 2 is 1.92 bits per heavy atom. The first-order valence-electron chi connectivity index (χ1n) is 5.36. The van der Waals surface area contributed by atoms with Gasteiger partial charge in [-0.05, 0) is 76.5 Å². The van der Waals surface area contributed by atoms with E-state index < -0.39 is 0 Å². The van der Waals surface area contributed by atoms with Gasteiger partial charge in [0.25, 0.3) is 0 Å². The molecule has 0 bridgehead atoms. The Morgan fingerprint density at radius 1 is 1.08 bits per heavy atom. The number of rotatable bonds is 1. The van der Waals surface area contributed by atoms with E-state index in [2.05, 4.69) is 40.8 Å². The van der Waals surface area contributed by atoms with E-state index in [0.717, 1.165) is 11.8 Å². The van der Waals surface area contributed by atoms with Gasteiger partial charge in [0.05, 0.1) is 0 Å². The minimum Gasteiger partial charge on any atom is -0.0885 e. The summed E-state index contributed by atoms with van der Waals surface area (Å²) in [6, 6.07) is 0. The third-order valence-electron chi connectivity index (χ3n) is 3.37. The van der Waals surface area contributed by atoms with Crippen LogP contribution in [-0.4, -0.2) is 0 Å². The van der Waals surface area contributed by atoms with Crippen LogP contribution in [0.15, 0.2) is 21.8 Å². The topological polar surface area (TPSA) is 0 Å². The zero-order valence-corrected chi connectivity index (χ0v) is 10.2. The molecule has 0 amide bonds. The maximum atomic E-state index is 2.48. The normalized spacial score (nSPS) is 34.4. The predicted molar refractivity (Wildman–Crippen MR) is 65.9 cm³/mol. The highest BCUT2D eigenvalue weighted by molar-refractivity contribution is 14.1. The van der Waals surface area contributed by atoms with Crippen LogP contribution >= 0.6 is 22.6 Å². The fourth-order valence-electron chi connectivity index (χ4n) is 2.50. The Labute approximate surface area is 94.6 Å². The molecule has 0 aromatic rings. The first-order chi connectivity index (χ1) is 6.36. The molecule has 0 saturated carbocycles.